The van der Waals surface area contributed by atoms with Gasteiger partial charge in [0.1, 0.15) is 12.1 Å². The Labute approximate surface area is 117 Å². The van der Waals surface area contributed by atoms with Gasteiger partial charge in [-0.25, -0.2) is 4.98 Å². The Morgan fingerprint density at radius 2 is 2.10 bits per heavy atom. The summed E-state index contributed by atoms with van der Waals surface area (Å²) in [6.45, 7) is 5.74. The minimum Gasteiger partial charge on any atom is -0.387 e. The number of anilines is 1. The topological polar surface area (TPSA) is 96.2 Å². The molecule has 0 aliphatic carbocycles. The molecular formula is C13H19N7. The first-order valence-corrected chi connectivity index (χ1v) is 6.76. The highest BCUT2D eigenvalue weighted by atomic mass is 15.4. The molecule has 0 saturated carbocycles. The highest BCUT2D eigenvalue weighted by molar-refractivity contribution is 5.83. The molecule has 20 heavy (non-hydrogen) atoms. The van der Waals surface area contributed by atoms with E-state index in [0.717, 1.165) is 37.4 Å². The van der Waals surface area contributed by atoms with Gasteiger partial charge in [-0.3, -0.25) is 5.41 Å². The van der Waals surface area contributed by atoms with Crippen LogP contribution in [0.1, 0.15) is 25.5 Å². The molecule has 1 saturated heterocycles. The minimum atomic E-state index is -0.180. The van der Waals surface area contributed by atoms with Crippen molar-refractivity contribution in [2.45, 2.75) is 26.7 Å². The average molecular weight is 273 g/mol. The fourth-order valence-electron chi connectivity index (χ4n) is 2.64. The second kappa shape index (κ2) is 4.43. The Hall–Kier alpha value is -2.18. The molecule has 2 aromatic heterocycles. The first-order valence-electron chi connectivity index (χ1n) is 6.76. The summed E-state index contributed by atoms with van der Waals surface area (Å²) in [6, 6.07) is 2.03. The van der Waals surface area contributed by atoms with E-state index in [1.54, 1.807) is 4.52 Å². The molecule has 0 amide bonds. The van der Waals surface area contributed by atoms with Gasteiger partial charge < -0.3 is 10.6 Å². The van der Waals surface area contributed by atoms with Crippen LogP contribution >= 0.6 is 0 Å². The number of nitrogens with zero attached hydrogens (tertiary/aromatic N) is 5. The number of amidine groups is 1. The monoisotopic (exact) mass is 273 g/mol. The molecule has 3 heterocycles. The Bertz CT molecular complexity index is 652. The minimum absolute atomic E-state index is 0.180. The number of nitrogens with one attached hydrogen (secondary N) is 1. The van der Waals surface area contributed by atoms with Crippen LogP contribution in [-0.4, -0.2) is 38.5 Å². The maximum atomic E-state index is 7.72. The third kappa shape index (κ3) is 1.99. The van der Waals surface area contributed by atoms with E-state index in [4.69, 9.17) is 11.1 Å². The molecule has 1 aliphatic rings. The van der Waals surface area contributed by atoms with E-state index in [9.17, 15) is 0 Å². The number of rotatable bonds is 2. The molecule has 0 radical (unpaired) electrons. The lowest BCUT2D eigenvalue weighted by atomic mass is 9.79. The van der Waals surface area contributed by atoms with Crippen molar-refractivity contribution < 1.29 is 0 Å². The maximum absolute atomic E-state index is 7.72. The van der Waals surface area contributed by atoms with Crippen LogP contribution < -0.4 is 10.6 Å². The lowest BCUT2D eigenvalue weighted by Crippen LogP contribution is -2.45. The number of hydrogen-bond donors (Lipinski definition) is 2. The van der Waals surface area contributed by atoms with Gasteiger partial charge in [-0.05, 0) is 19.8 Å². The smallest absolute Gasteiger partial charge is 0.254 e. The Morgan fingerprint density at radius 1 is 1.40 bits per heavy atom. The Balaban J connectivity index is 1.90. The van der Waals surface area contributed by atoms with Crippen molar-refractivity contribution in [1.29, 1.82) is 5.41 Å². The van der Waals surface area contributed by atoms with Gasteiger partial charge in [0.15, 0.2) is 0 Å². The summed E-state index contributed by atoms with van der Waals surface area (Å²) >= 11 is 0. The van der Waals surface area contributed by atoms with Crippen LogP contribution in [0.3, 0.4) is 0 Å². The van der Waals surface area contributed by atoms with E-state index in [1.165, 1.54) is 6.33 Å². The lowest BCUT2D eigenvalue weighted by Gasteiger charge is -2.39. The van der Waals surface area contributed by atoms with Crippen LogP contribution in [0.5, 0.6) is 0 Å². The first kappa shape index (κ1) is 12.8. The van der Waals surface area contributed by atoms with Crippen molar-refractivity contribution in [2.24, 2.45) is 11.1 Å². The Morgan fingerprint density at radius 3 is 2.75 bits per heavy atom. The summed E-state index contributed by atoms with van der Waals surface area (Å²) in [5.74, 6) is 1.92. The molecule has 3 rings (SSSR count). The van der Waals surface area contributed by atoms with Crippen molar-refractivity contribution in [3.63, 3.8) is 0 Å². The van der Waals surface area contributed by atoms with Gasteiger partial charge in [0.25, 0.3) is 5.78 Å². The van der Waals surface area contributed by atoms with E-state index < -0.39 is 0 Å². The van der Waals surface area contributed by atoms with Crippen LogP contribution in [0.2, 0.25) is 0 Å². The third-order valence-electron chi connectivity index (χ3n) is 4.20. The van der Waals surface area contributed by atoms with Crippen molar-refractivity contribution in [2.75, 3.05) is 18.0 Å². The highest BCUT2D eigenvalue weighted by Gasteiger charge is 2.33. The van der Waals surface area contributed by atoms with E-state index in [0.29, 0.717) is 5.78 Å². The lowest BCUT2D eigenvalue weighted by molar-refractivity contribution is 0.349. The third-order valence-corrected chi connectivity index (χ3v) is 4.20. The Kier molecular flexibility index (Phi) is 2.84. The maximum Gasteiger partial charge on any atom is 0.254 e. The van der Waals surface area contributed by atoms with Crippen molar-refractivity contribution in [1.82, 2.24) is 19.6 Å². The van der Waals surface area contributed by atoms with Gasteiger partial charge in [-0.2, -0.15) is 14.6 Å². The molecule has 0 bridgehead atoms. The molecule has 0 atom stereocenters. The van der Waals surface area contributed by atoms with Crippen LogP contribution in [0.15, 0.2) is 12.4 Å². The van der Waals surface area contributed by atoms with Crippen molar-refractivity contribution in [3.8, 4) is 0 Å². The molecule has 0 aromatic carbocycles. The standard InChI is InChI=1S/C13H19N7/c1-9-7-10(20-12(18-9)16-8-17-20)19-5-3-13(2,4-6-19)11(14)15/h7-8H,3-6H2,1-2H3,(H3,14,15). The zero-order valence-corrected chi connectivity index (χ0v) is 11.8. The molecule has 1 aliphatic heterocycles. The average Bonchev–Trinajstić information content (AvgIpc) is 2.86. The van der Waals surface area contributed by atoms with Crippen molar-refractivity contribution >= 4 is 17.4 Å². The predicted molar refractivity (Wildman–Crippen MR) is 77.0 cm³/mol. The van der Waals surface area contributed by atoms with E-state index in [-0.39, 0.29) is 11.3 Å². The summed E-state index contributed by atoms with van der Waals surface area (Å²) in [6.07, 6.45) is 3.27. The number of piperidine rings is 1. The fraction of sp³-hybridized carbons (Fsp3) is 0.538. The van der Waals surface area contributed by atoms with Gasteiger partial charge in [0.2, 0.25) is 0 Å². The second-order valence-electron chi connectivity index (χ2n) is 5.69. The van der Waals surface area contributed by atoms with Gasteiger partial charge in [-0.15, -0.1) is 0 Å². The van der Waals surface area contributed by atoms with E-state index >= 15 is 0 Å². The molecule has 7 heteroatoms. The molecule has 3 N–H and O–H groups in total. The number of hydrogen-bond acceptors (Lipinski definition) is 5. The zero-order chi connectivity index (χ0) is 14.3. The van der Waals surface area contributed by atoms with Crippen LogP contribution in [0.4, 0.5) is 5.82 Å². The molecule has 7 nitrogen and oxygen atoms in total. The highest BCUT2D eigenvalue weighted by Crippen LogP contribution is 2.32. The largest absolute Gasteiger partial charge is 0.387 e. The number of aryl methyl sites for hydroxylation is 1. The quantitative estimate of drug-likeness (QED) is 0.628. The summed E-state index contributed by atoms with van der Waals surface area (Å²) in [5.41, 5.74) is 6.46. The van der Waals surface area contributed by atoms with E-state index in [1.807, 2.05) is 13.0 Å². The molecule has 1 fully saturated rings. The van der Waals surface area contributed by atoms with Crippen LogP contribution in [0, 0.1) is 17.7 Å². The molecule has 2 aromatic rings. The van der Waals surface area contributed by atoms with Crippen molar-refractivity contribution in [3.05, 3.63) is 18.1 Å². The van der Waals surface area contributed by atoms with E-state index in [2.05, 4.69) is 26.9 Å². The van der Waals surface area contributed by atoms with Gasteiger partial charge in [-0.1, -0.05) is 6.92 Å². The molecule has 0 spiro atoms. The predicted octanol–water partition coefficient (Wildman–Crippen LogP) is 0.975. The molecular weight excluding hydrogens is 254 g/mol. The summed E-state index contributed by atoms with van der Waals surface area (Å²) in [7, 11) is 0. The number of nitrogens with two attached hydrogens (primary N) is 1. The molecule has 106 valence electrons. The SMILES string of the molecule is Cc1cc(N2CCC(C)(C(=N)N)CC2)n2ncnc2n1. The fourth-order valence-corrected chi connectivity index (χ4v) is 2.64. The second-order valence-corrected chi connectivity index (χ2v) is 5.69. The zero-order valence-electron chi connectivity index (χ0n) is 11.8. The molecule has 0 unspecified atom stereocenters. The van der Waals surface area contributed by atoms with Crippen LogP contribution in [-0.2, 0) is 0 Å². The number of fused-ring (bicyclic) bond motifs is 1. The van der Waals surface area contributed by atoms with Crippen LogP contribution in [0.25, 0.3) is 5.78 Å². The van der Waals surface area contributed by atoms with Gasteiger partial charge in [0, 0.05) is 30.3 Å². The summed E-state index contributed by atoms with van der Waals surface area (Å²) in [4.78, 5) is 10.8. The normalized spacial score (nSPS) is 18.4. The number of aromatic nitrogens is 4. The van der Waals surface area contributed by atoms with Gasteiger partial charge in [0.05, 0.1) is 5.84 Å². The van der Waals surface area contributed by atoms with Gasteiger partial charge >= 0.3 is 0 Å². The first-order chi connectivity index (χ1) is 9.49. The summed E-state index contributed by atoms with van der Waals surface area (Å²) in [5, 5.41) is 12.0. The summed E-state index contributed by atoms with van der Waals surface area (Å²) < 4.78 is 1.77.